The van der Waals surface area contributed by atoms with Crippen molar-refractivity contribution in [3.05, 3.63) is 18.0 Å². The third-order valence-corrected chi connectivity index (χ3v) is 5.56. The quantitative estimate of drug-likeness (QED) is 0.837. The molecule has 0 bridgehead atoms. The SMILES string of the molecule is CC(C)CCN(C)S(=O)(=O)c1cc(CO)n(C2CC2)c1. The summed E-state index contributed by atoms with van der Waals surface area (Å²) in [4.78, 5) is 0.291. The zero-order chi connectivity index (χ0) is 14.9. The Kier molecular flexibility index (Phi) is 4.56. The molecule has 1 fully saturated rings. The van der Waals surface area contributed by atoms with Crippen LogP contribution in [-0.2, 0) is 16.6 Å². The van der Waals surface area contributed by atoms with Crippen LogP contribution in [0.15, 0.2) is 17.2 Å². The largest absolute Gasteiger partial charge is 0.390 e. The lowest BCUT2D eigenvalue weighted by molar-refractivity contribution is 0.270. The first-order valence-electron chi connectivity index (χ1n) is 7.14. The molecule has 5 nitrogen and oxygen atoms in total. The molecule has 0 spiro atoms. The van der Waals surface area contributed by atoms with Gasteiger partial charge in [-0.3, -0.25) is 0 Å². The van der Waals surface area contributed by atoms with Gasteiger partial charge in [-0.25, -0.2) is 12.7 Å². The number of hydrogen-bond donors (Lipinski definition) is 1. The van der Waals surface area contributed by atoms with E-state index in [-0.39, 0.29) is 6.61 Å². The maximum atomic E-state index is 12.5. The summed E-state index contributed by atoms with van der Waals surface area (Å²) in [7, 11) is -1.83. The highest BCUT2D eigenvalue weighted by molar-refractivity contribution is 7.89. The molecule has 0 amide bonds. The van der Waals surface area contributed by atoms with E-state index in [9.17, 15) is 13.5 Å². The van der Waals surface area contributed by atoms with Gasteiger partial charge in [0.25, 0.3) is 0 Å². The predicted octanol–water partition coefficient (Wildman–Crippen LogP) is 1.98. The van der Waals surface area contributed by atoms with Crippen molar-refractivity contribution in [1.82, 2.24) is 8.87 Å². The van der Waals surface area contributed by atoms with E-state index < -0.39 is 10.0 Å². The number of aliphatic hydroxyl groups is 1. The van der Waals surface area contributed by atoms with E-state index in [1.807, 2.05) is 4.57 Å². The number of sulfonamides is 1. The molecule has 1 aromatic heterocycles. The molecule has 1 aliphatic rings. The van der Waals surface area contributed by atoms with Crippen molar-refractivity contribution in [2.24, 2.45) is 5.92 Å². The van der Waals surface area contributed by atoms with E-state index in [1.165, 1.54) is 4.31 Å². The highest BCUT2D eigenvalue weighted by Crippen LogP contribution is 2.37. The zero-order valence-electron chi connectivity index (χ0n) is 12.4. The zero-order valence-corrected chi connectivity index (χ0v) is 13.2. The fourth-order valence-corrected chi connectivity index (χ4v) is 3.43. The molecule has 0 atom stereocenters. The van der Waals surface area contributed by atoms with E-state index in [0.717, 1.165) is 19.3 Å². The minimum absolute atomic E-state index is 0.123. The van der Waals surface area contributed by atoms with Crippen LogP contribution in [-0.4, -0.2) is 36.0 Å². The highest BCUT2D eigenvalue weighted by Gasteiger charge is 2.29. The molecule has 1 heterocycles. The Hall–Kier alpha value is -0.850. The van der Waals surface area contributed by atoms with E-state index in [4.69, 9.17) is 0 Å². The Morgan fingerprint density at radius 2 is 2.10 bits per heavy atom. The van der Waals surface area contributed by atoms with Crippen LogP contribution in [0.5, 0.6) is 0 Å². The van der Waals surface area contributed by atoms with E-state index >= 15 is 0 Å². The summed E-state index contributed by atoms with van der Waals surface area (Å²) in [6.07, 6.45) is 4.63. The highest BCUT2D eigenvalue weighted by atomic mass is 32.2. The van der Waals surface area contributed by atoms with Gasteiger partial charge in [0.1, 0.15) is 4.90 Å². The van der Waals surface area contributed by atoms with Crippen molar-refractivity contribution in [2.45, 2.75) is 50.7 Å². The van der Waals surface area contributed by atoms with Crippen molar-refractivity contribution in [3.8, 4) is 0 Å². The number of aromatic nitrogens is 1. The lowest BCUT2D eigenvalue weighted by atomic mass is 10.1. The molecule has 0 unspecified atom stereocenters. The average Bonchev–Trinajstić information content (AvgIpc) is 3.14. The van der Waals surface area contributed by atoms with Gasteiger partial charge in [-0.2, -0.15) is 0 Å². The van der Waals surface area contributed by atoms with Gasteiger partial charge in [-0.1, -0.05) is 13.8 Å². The minimum Gasteiger partial charge on any atom is -0.390 e. The monoisotopic (exact) mass is 300 g/mol. The molecule has 20 heavy (non-hydrogen) atoms. The molecule has 1 N–H and O–H groups in total. The summed E-state index contributed by atoms with van der Waals surface area (Å²) >= 11 is 0. The number of rotatable bonds is 7. The summed E-state index contributed by atoms with van der Waals surface area (Å²) in [6, 6.07) is 1.96. The molecule has 0 saturated heterocycles. The molecule has 0 radical (unpaired) electrons. The van der Waals surface area contributed by atoms with Gasteiger partial charge < -0.3 is 9.67 Å². The van der Waals surface area contributed by atoms with Gasteiger partial charge in [0.2, 0.25) is 10.0 Å². The Morgan fingerprint density at radius 1 is 1.45 bits per heavy atom. The number of nitrogens with zero attached hydrogens (tertiary/aromatic N) is 2. The molecule has 114 valence electrons. The maximum absolute atomic E-state index is 12.5. The van der Waals surface area contributed by atoms with Crippen molar-refractivity contribution in [3.63, 3.8) is 0 Å². The van der Waals surface area contributed by atoms with Crippen molar-refractivity contribution in [2.75, 3.05) is 13.6 Å². The Bertz CT molecular complexity index is 559. The van der Waals surface area contributed by atoms with Crippen LogP contribution >= 0.6 is 0 Å². The van der Waals surface area contributed by atoms with Gasteiger partial charge >= 0.3 is 0 Å². The standard InChI is InChI=1S/C14H24N2O3S/c1-11(2)6-7-15(3)20(18,19)14-8-13(10-17)16(9-14)12-4-5-12/h8-9,11-12,17H,4-7,10H2,1-3H3. The lowest BCUT2D eigenvalue weighted by Crippen LogP contribution is -2.28. The Balaban J connectivity index is 2.20. The molecule has 2 rings (SSSR count). The van der Waals surface area contributed by atoms with Crippen molar-refractivity contribution in [1.29, 1.82) is 0 Å². The molecule has 1 aliphatic carbocycles. The van der Waals surface area contributed by atoms with Gasteiger partial charge in [-0.05, 0) is 31.2 Å². The normalized spacial score (nSPS) is 16.3. The molecular weight excluding hydrogens is 276 g/mol. The van der Waals surface area contributed by atoms with Crippen LogP contribution in [0.1, 0.15) is 44.8 Å². The fraction of sp³-hybridized carbons (Fsp3) is 0.714. The van der Waals surface area contributed by atoms with Crippen molar-refractivity contribution >= 4 is 10.0 Å². The number of aliphatic hydroxyl groups excluding tert-OH is 1. The van der Waals surface area contributed by atoms with Gasteiger partial charge in [0.15, 0.2) is 0 Å². The van der Waals surface area contributed by atoms with Crippen molar-refractivity contribution < 1.29 is 13.5 Å². The summed E-state index contributed by atoms with van der Waals surface area (Å²) in [5.74, 6) is 0.469. The molecule has 1 aromatic rings. The topological polar surface area (TPSA) is 62.5 Å². The Labute approximate surface area is 121 Å². The number of hydrogen-bond acceptors (Lipinski definition) is 3. The van der Waals surface area contributed by atoms with Crippen LogP contribution in [0.25, 0.3) is 0 Å². The van der Waals surface area contributed by atoms with E-state index in [0.29, 0.717) is 29.1 Å². The average molecular weight is 300 g/mol. The van der Waals surface area contributed by atoms with Crippen LogP contribution in [0.2, 0.25) is 0 Å². The Morgan fingerprint density at radius 3 is 2.60 bits per heavy atom. The predicted molar refractivity (Wildman–Crippen MR) is 77.9 cm³/mol. The molecule has 6 heteroatoms. The second-order valence-corrected chi connectivity index (χ2v) is 8.02. The smallest absolute Gasteiger partial charge is 0.244 e. The maximum Gasteiger partial charge on any atom is 0.244 e. The first-order chi connectivity index (χ1) is 9.36. The van der Waals surface area contributed by atoms with E-state index in [2.05, 4.69) is 13.8 Å². The van der Waals surface area contributed by atoms with Crippen LogP contribution < -0.4 is 0 Å². The summed E-state index contributed by atoms with van der Waals surface area (Å²) < 4.78 is 28.3. The summed E-state index contributed by atoms with van der Waals surface area (Å²) in [6.45, 7) is 4.55. The fourth-order valence-electron chi connectivity index (χ4n) is 2.20. The first-order valence-corrected chi connectivity index (χ1v) is 8.58. The first kappa shape index (κ1) is 15.5. The molecule has 0 aromatic carbocycles. The molecule has 0 aliphatic heterocycles. The third-order valence-electron chi connectivity index (χ3n) is 3.74. The summed E-state index contributed by atoms with van der Waals surface area (Å²) in [5, 5.41) is 9.36. The second kappa shape index (κ2) is 5.87. The van der Waals surface area contributed by atoms with Crippen LogP contribution in [0.3, 0.4) is 0 Å². The minimum atomic E-state index is -3.45. The summed E-state index contributed by atoms with van der Waals surface area (Å²) in [5.41, 5.74) is 0.684. The van der Waals surface area contributed by atoms with Gasteiger partial charge in [0.05, 0.1) is 6.61 Å². The lowest BCUT2D eigenvalue weighted by Gasteiger charge is -2.17. The van der Waals surface area contributed by atoms with E-state index in [1.54, 1.807) is 19.3 Å². The van der Waals surface area contributed by atoms with Gasteiger partial charge in [-0.15, -0.1) is 0 Å². The van der Waals surface area contributed by atoms with Gasteiger partial charge in [0, 0.05) is 31.5 Å². The second-order valence-electron chi connectivity index (χ2n) is 5.97. The van der Waals surface area contributed by atoms with Crippen LogP contribution in [0.4, 0.5) is 0 Å². The molecule has 1 saturated carbocycles. The molecular formula is C14H24N2O3S. The third kappa shape index (κ3) is 3.24. The van der Waals surface area contributed by atoms with Crippen LogP contribution in [0, 0.1) is 5.92 Å².